The van der Waals surface area contributed by atoms with Crippen LogP contribution in [0.5, 0.6) is 5.75 Å². The van der Waals surface area contributed by atoms with Crippen molar-refractivity contribution in [3.8, 4) is 28.5 Å². The Morgan fingerprint density at radius 2 is 1.84 bits per heavy atom. The summed E-state index contributed by atoms with van der Waals surface area (Å²) >= 11 is 1.41. The molecule has 1 aliphatic carbocycles. The minimum Gasteiger partial charge on any atom is -0.406 e. The largest absolute Gasteiger partial charge is 0.573 e. The standard InChI is InChI=1S/C31H27F3N6O2S/c1-19(2)26-5-3-4-6-27(26)39-13-14-43-30(39)37-29(41)36-23-16-20-7-8-21(15-22(20)17-23)28-35-18-40(38-28)24-9-11-25(12-10-24)42-31(32,33)34/h3-15,18-19,23H,16-17H2,1-2H3,(H,36,41). The van der Waals surface area contributed by atoms with E-state index in [1.54, 1.807) is 0 Å². The van der Waals surface area contributed by atoms with Gasteiger partial charge in [0.1, 0.15) is 12.1 Å². The molecule has 0 spiro atoms. The number of para-hydroxylation sites is 1. The molecule has 1 unspecified atom stereocenters. The molecular weight excluding hydrogens is 577 g/mol. The van der Waals surface area contributed by atoms with Crippen molar-refractivity contribution < 1.29 is 22.7 Å². The quantitative estimate of drug-likeness (QED) is 0.237. The van der Waals surface area contributed by atoms with E-state index in [4.69, 9.17) is 0 Å². The number of carbonyl (C=O) groups excluding carboxylic acids is 1. The van der Waals surface area contributed by atoms with Gasteiger partial charge in [0.2, 0.25) is 0 Å². The highest BCUT2D eigenvalue weighted by Crippen LogP contribution is 2.28. The first kappa shape index (κ1) is 28.4. The van der Waals surface area contributed by atoms with E-state index in [9.17, 15) is 18.0 Å². The fourth-order valence-electron chi connectivity index (χ4n) is 5.20. The van der Waals surface area contributed by atoms with Crippen molar-refractivity contribution in [3.05, 3.63) is 106 Å². The number of alkyl halides is 3. The molecule has 0 radical (unpaired) electrons. The maximum atomic E-state index is 13.0. The van der Waals surface area contributed by atoms with Crippen LogP contribution in [0.2, 0.25) is 0 Å². The zero-order valence-electron chi connectivity index (χ0n) is 23.2. The molecule has 1 aliphatic rings. The van der Waals surface area contributed by atoms with Gasteiger partial charge in [-0.05, 0) is 71.8 Å². The number of carbonyl (C=O) groups is 1. The summed E-state index contributed by atoms with van der Waals surface area (Å²) in [6, 6.07) is 19.0. The van der Waals surface area contributed by atoms with E-state index in [1.807, 2.05) is 52.5 Å². The van der Waals surface area contributed by atoms with Crippen molar-refractivity contribution in [2.45, 2.75) is 45.0 Å². The van der Waals surface area contributed by atoms with Gasteiger partial charge < -0.3 is 10.1 Å². The number of fused-ring (bicyclic) bond motifs is 1. The molecule has 0 fully saturated rings. The number of hydrogen-bond donors (Lipinski definition) is 1. The first-order valence-corrected chi connectivity index (χ1v) is 14.5. The van der Waals surface area contributed by atoms with Crippen molar-refractivity contribution >= 4 is 17.4 Å². The maximum absolute atomic E-state index is 13.0. The third-order valence-electron chi connectivity index (χ3n) is 7.16. The van der Waals surface area contributed by atoms with Crippen molar-refractivity contribution in [2.24, 2.45) is 4.99 Å². The van der Waals surface area contributed by atoms with E-state index in [0.29, 0.717) is 35.1 Å². The van der Waals surface area contributed by atoms with E-state index >= 15 is 0 Å². The second kappa shape index (κ2) is 11.5. The minimum atomic E-state index is -4.75. The van der Waals surface area contributed by atoms with E-state index < -0.39 is 6.36 Å². The lowest BCUT2D eigenvalue weighted by atomic mass is 10.0. The zero-order valence-corrected chi connectivity index (χ0v) is 24.1. The molecule has 43 heavy (non-hydrogen) atoms. The summed E-state index contributed by atoms with van der Waals surface area (Å²) in [7, 11) is 0. The number of halogens is 3. The third kappa shape index (κ3) is 6.38. The SMILES string of the molecule is CC(C)c1ccccc1-n1ccsc1=NC(=O)NC1Cc2ccc(-c3ncn(-c4ccc(OC(F)(F)F)cc4)n3)cc2C1. The summed E-state index contributed by atoms with van der Waals surface area (Å²) in [5.41, 5.74) is 5.75. The predicted molar refractivity (Wildman–Crippen MR) is 157 cm³/mol. The molecule has 1 N–H and O–H groups in total. The van der Waals surface area contributed by atoms with Gasteiger partial charge in [-0.3, -0.25) is 4.57 Å². The number of thiazole rings is 1. The molecule has 8 nitrogen and oxygen atoms in total. The average molecular weight is 605 g/mol. The van der Waals surface area contributed by atoms with Gasteiger partial charge in [-0.25, -0.2) is 14.5 Å². The second-order valence-corrected chi connectivity index (χ2v) is 11.3. The predicted octanol–water partition coefficient (Wildman–Crippen LogP) is 6.59. The normalized spacial score (nSPS) is 15.1. The average Bonchev–Trinajstić information content (AvgIpc) is 3.72. The van der Waals surface area contributed by atoms with Crippen molar-refractivity contribution in [3.63, 3.8) is 0 Å². The van der Waals surface area contributed by atoms with Crippen molar-refractivity contribution in [1.29, 1.82) is 0 Å². The molecule has 12 heteroatoms. The fourth-order valence-corrected chi connectivity index (χ4v) is 5.92. The minimum absolute atomic E-state index is 0.0965. The number of hydrogen-bond acceptors (Lipinski definition) is 5. The maximum Gasteiger partial charge on any atom is 0.573 e. The van der Waals surface area contributed by atoms with Crippen LogP contribution in [0.1, 0.15) is 36.5 Å². The van der Waals surface area contributed by atoms with Crippen LogP contribution in [0.3, 0.4) is 0 Å². The highest BCUT2D eigenvalue weighted by atomic mass is 32.1. The van der Waals surface area contributed by atoms with Gasteiger partial charge >= 0.3 is 12.4 Å². The number of urea groups is 1. The fraction of sp³-hybridized carbons (Fsp3) is 0.226. The molecule has 2 heterocycles. The van der Waals surface area contributed by atoms with Gasteiger partial charge in [0, 0.05) is 23.2 Å². The number of amides is 2. The Morgan fingerprint density at radius 1 is 1.07 bits per heavy atom. The number of benzene rings is 3. The summed E-state index contributed by atoms with van der Waals surface area (Å²) in [5.74, 6) is 0.491. The van der Waals surface area contributed by atoms with Gasteiger partial charge in [-0.15, -0.1) is 29.6 Å². The van der Waals surface area contributed by atoms with Crippen LogP contribution in [0.15, 0.2) is 89.6 Å². The number of nitrogens with zero attached hydrogens (tertiary/aromatic N) is 5. The Hall–Kier alpha value is -4.71. The summed E-state index contributed by atoms with van der Waals surface area (Å²) in [4.78, 5) is 22.3. The zero-order chi connectivity index (χ0) is 30.1. The summed E-state index contributed by atoms with van der Waals surface area (Å²) in [6.07, 6.45) is 0.0117. The third-order valence-corrected chi connectivity index (χ3v) is 7.91. The van der Waals surface area contributed by atoms with E-state index in [0.717, 1.165) is 22.4 Å². The summed E-state index contributed by atoms with van der Waals surface area (Å²) < 4.78 is 44.7. The van der Waals surface area contributed by atoms with E-state index in [1.165, 1.54) is 52.2 Å². The van der Waals surface area contributed by atoms with Crippen LogP contribution in [0.4, 0.5) is 18.0 Å². The van der Waals surface area contributed by atoms with Crippen LogP contribution in [0.25, 0.3) is 22.8 Å². The molecule has 0 aliphatic heterocycles. The van der Waals surface area contributed by atoms with Crippen LogP contribution < -0.4 is 14.9 Å². The Balaban J connectivity index is 1.13. The molecule has 5 aromatic rings. The van der Waals surface area contributed by atoms with Crippen LogP contribution in [-0.2, 0) is 12.8 Å². The van der Waals surface area contributed by atoms with Crippen LogP contribution in [-0.4, -0.2) is 37.8 Å². The summed E-state index contributed by atoms with van der Waals surface area (Å²) in [6.45, 7) is 4.28. The van der Waals surface area contributed by atoms with Crippen molar-refractivity contribution in [2.75, 3.05) is 0 Å². The first-order chi connectivity index (χ1) is 20.6. The molecule has 3 aromatic carbocycles. The lowest BCUT2D eigenvalue weighted by Crippen LogP contribution is -2.34. The van der Waals surface area contributed by atoms with E-state index in [2.05, 4.69) is 45.0 Å². The molecule has 0 saturated heterocycles. The van der Waals surface area contributed by atoms with Gasteiger partial charge in [-0.1, -0.05) is 44.2 Å². The Kier molecular flexibility index (Phi) is 7.61. The van der Waals surface area contributed by atoms with Crippen LogP contribution >= 0.6 is 11.3 Å². The highest BCUT2D eigenvalue weighted by molar-refractivity contribution is 7.07. The lowest BCUT2D eigenvalue weighted by molar-refractivity contribution is -0.274. The Labute approximate surface area is 249 Å². The monoisotopic (exact) mass is 604 g/mol. The molecule has 2 aromatic heterocycles. The van der Waals surface area contributed by atoms with Gasteiger partial charge in [0.15, 0.2) is 10.6 Å². The molecule has 1 atom stereocenters. The lowest BCUT2D eigenvalue weighted by Gasteiger charge is -2.13. The molecule has 220 valence electrons. The highest BCUT2D eigenvalue weighted by Gasteiger charge is 2.31. The number of nitrogens with one attached hydrogen (secondary N) is 1. The molecule has 6 rings (SSSR count). The smallest absolute Gasteiger partial charge is 0.406 e. The van der Waals surface area contributed by atoms with Crippen molar-refractivity contribution in [1.82, 2.24) is 24.6 Å². The molecule has 0 saturated carbocycles. The van der Waals surface area contributed by atoms with E-state index in [-0.39, 0.29) is 17.8 Å². The Bertz CT molecular complexity index is 1840. The number of ether oxygens (including phenoxy) is 1. The summed E-state index contributed by atoms with van der Waals surface area (Å²) in [5, 5.41) is 9.47. The molecular formula is C31H27F3N6O2S. The van der Waals surface area contributed by atoms with Gasteiger partial charge in [0.05, 0.1) is 11.4 Å². The molecule has 0 bridgehead atoms. The number of rotatable bonds is 6. The number of aromatic nitrogens is 4. The van der Waals surface area contributed by atoms with Crippen LogP contribution in [0, 0.1) is 0 Å². The Morgan fingerprint density at radius 3 is 2.60 bits per heavy atom. The molecule has 2 amide bonds. The first-order valence-electron chi connectivity index (χ1n) is 13.6. The topological polar surface area (TPSA) is 86.3 Å². The van der Waals surface area contributed by atoms with Gasteiger partial charge in [-0.2, -0.15) is 4.99 Å². The van der Waals surface area contributed by atoms with Gasteiger partial charge in [0.25, 0.3) is 0 Å². The second-order valence-electron chi connectivity index (χ2n) is 10.5.